The fourth-order valence-electron chi connectivity index (χ4n) is 1.33. The molecule has 4 heteroatoms. The quantitative estimate of drug-likeness (QED) is 0.852. The molecule has 1 N–H and O–H groups in total. The number of hydrogen-bond acceptors (Lipinski definition) is 4. The van der Waals surface area contributed by atoms with Gasteiger partial charge in [0.05, 0.1) is 16.8 Å². The van der Waals surface area contributed by atoms with Gasteiger partial charge in [0.2, 0.25) is 0 Å². The first-order chi connectivity index (χ1) is 7.49. The van der Waals surface area contributed by atoms with Crippen molar-refractivity contribution in [3.8, 4) is 0 Å². The predicted molar refractivity (Wildman–Crippen MR) is 73.5 cm³/mol. The van der Waals surface area contributed by atoms with Crippen molar-refractivity contribution in [3.63, 3.8) is 0 Å². The van der Waals surface area contributed by atoms with Gasteiger partial charge in [0, 0.05) is 17.1 Å². The second-order valence-electron chi connectivity index (χ2n) is 4.54. The first kappa shape index (κ1) is 14.0. The van der Waals surface area contributed by atoms with Gasteiger partial charge in [-0.3, -0.25) is 0 Å². The smallest absolute Gasteiger partial charge is 0.0956 e. The van der Waals surface area contributed by atoms with Gasteiger partial charge >= 0.3 is 0 Å². The molecule has 0 bridgehead atoms. The molecular formula is C12H21NOS2. The van der Waals surface area contributed by atoms with Gasteiger partial charge in [-0.15, -0.1) is 11.3 Å². The van der Waals surface area contributed by atoms with E-state index in [0.29, 0.717) is 12.3 Å². The van der Waals surface area contributed by atoms with Gasteiger partial charge in [0.1, 0.15) is 0 Å². The van der Waals surface area contributed by atoms with Crippen LogP contribution in [0.4, 0.5) is 0 Å². The van der Waals surface area contributed by atoms with Gasteiger partial charge < -0.3 is 5.11 Å². The molecule has 0 saturated carbocycles. The third-order valence-corrected chi connectivity index (χ3v) is 4.86. The lowest BCUT2D eigenvalue weighted by atomic mass is 10.3. The minimum atomic E-state index is -0.256. The summed E-state index contributed by atoms with van der Waals surface area (Å²) in [6.07, 6.45) is 0.443. The summed E-state index contributed by atoms with van der Waals surface area (Å²) >= 11 is 3.53. The molecule has 16 heavy (non-hydrogen) atoms. The zero-order chi connectivity index (χ0) is 12.1. The van der Waals surface area contributed by atoms with Crippen LogP contribution in [0.5, 0.6) is 0 Å². The van der Waals surface area contributed by atoms with Crippen LogP contribution in [0.25, 0.3) is 0 Å². The Kier molecular flexibility index (Phi) is 5.79. The third-order valence-electron chi connectivity index (χ3n) is 2.24. The Labute approximate surface area is 106 Å². The van der Waals surface area contributed by atoms with E-state index >= 15 is 0 Å². The Morgan fingerprint density at radius 1 is 1.31 bits per heavy atom. The summed E-state index contributed by atoms with van der Waals surface area (Å²) in [6.45, 7) is 8.51. The van der Waals surface area contributed by atoms with Gasteiger partial charge in [0.15, 0.2) is 0 Å². The highest BCUT2D eigenvalue weighted by molar-refractivity contribution is 7.99. The van der Waals surface area contributed by atoms with Gasteiger partial charge in [-0.1, -0.05) is 13.8 Å². The van der Waals surface area contributed by atoms with E-state index in [1.165, 1.54) is 4.88 Å². The lowest BCUT2D eigenvalue weighted by Crippen LogP contribution is -2.14. The number of hydrogen-bond donors (Lipinski definition) is 1. The number of aromatic nitrogens is 1. The number of aryl methyl sites for hydroxylation is 2. The predicted octanol–water partition coefficient (Wildman–Crippen LogP) is 3.05. The van der Waals surface area contributed by atoms with Crippen LogP contribution in [0.2, 0.25) is 0 Å². The Bertz CT molecular complexity index is 303. The van der Waals surface area contributed by atoms with Crippen LogP contribution >= 0.6 is 23.1 Å². The van der Waals surface area contributed by atoms with Crippen molar-refractivity contribution < 1.29 is 5.11 Å². The summed E-state index contributed by atoms with van der Waals surface area (Å²) in [5, 5.41) is 10.9. The minimum Gasteiger partial charge on any atom is -0.392 e. The van der Waals surface area contributed by atoms with Crippen molar-refractivity contribution in [2.75, 3.05) is 11.5 Å². The Hall–Kier alpha value is -0.0600. The summed E-state index contributed by atoms with van der Waals surface area (Å²) in [4.78, 5) is 5.70. The molecule has 0 saturated heterocycles. The average Bonchev–Trinajstić information content (AvgIpc) is 2.44. The van der Waals surface area contributed by atoms with E-state index in [9.17, 15) is 5.11 Å². The highest BCUT2D eigenvalue weighted by Gasteiger charge is 2.10. The largest absolute Gasteiger partial charge is 0.392 e. The Balaban J connectivity index is 2.31. The number of aliphatic hydroxyl groups is 1. The van der Waals surface area contributed by atoms with Crippen molar-refractivity contribution >= 4 is 23.1 Å². The van der Waals surface area contributed by atoms with E-state index in [1.807, 2.05) is 18.7 Å². The van der Waals surface area contributed by atoms with Gasteiger partial charge in [-0.2, -0.15) is 11.8 Å². The first-order valence-electron chi connectivity index (χ1n) is 5.67. The van der Waals surface area contributed by atoms with Crippen LogP contribution in [-0.2, 0) is 6.42 Å². The van der Waals surface area contributed by atoms with Crippen LogP contribution in [0, 0.1) is 19.8 Å². The normalized spacial score (nSPS) is 13.4. The maximum Gasteiger partial charge on any atom is 0.0956 e. The SMILES string of the molecule is Cc1nc(CC(O)CSCC(C)C)sc1C. The fraction of sp³-hybridized carbons (Fsp3) is 0.750. The maximum atomic E-state index is 9.86. The molecule has 0 radical (unpaired) electrons. The topological polar surface area (TPSA) is 33.1 Å². The Morgan fingerprint density at radius 2 is 2.00 bits per heavy atom. The highest BCUT2D eigenvalue weighted by atomic mass is 32.2. The standard InChI is InChI=1S/C12H21NOS2/c1-8(2)6-15-7-11(14)5-12-13-9(3)10(4)16-12/h8,11,14H,5-7H2,1-4H3. The van der Waals surface area contributed by atoms with Crippen LogP contribution in [0.3, 0.4) is 0 Å². The number of nitrogens with zero attached hydrogens (tertiary/aromatic N) is 1. The molecule has 1 aromatic heterocycles. The van der Waals surface area contributed by atoms with Gasteiger partial charge in [-0.05, 0) is 25.5 Å². The number of thioether (sulfide) groups is 1. The van der Waals surface area contributed by atoms with E-state index in [-0.39, 0.29) is 6.10 Å². The third kappa shape index (κ3) is 4.85. The number of rotatable bonds is 6. The van der Waals surface area contributed by atoms with E-state index in [0.717, 1.165) is 22.2 Å². The molecule has 0 aliphatic rings. The second-order valence-corrected chi connectivity index (χ2v) is 6.90. The van der Waals surface area contributed by atoms with E-state index in [4.69, 9.17) is 0 Å². The molecule has 0 aliphatic carbocycles. The van der Waals surface area contributed by atoms with E-state index < -0.39 is 0 Å². The molecule has 1 aromatic rings. The summed E-state index contributed by atoms with van der Waals surface area (Å²) in [5.41, 5.74) is 1.10. The van der Waals surface area contributed by atoms with Crippen LogP contribution in [0.15, 0.2) is 0 Å². The zero-order valence-corrected chi connectivity index (χ0v) is 12.1. The first-order valence-corrected chi connectivity index (χ1v) is 7.65. The van der Waals surface area contributed by atoms with Crippen LogP contribution < -0.4 is 0 Å². The van der Waals surface area contributed by atoms with Crippen molar-refractivity contribution in [1.29, 1.82) is 0 Å². The highest BCUT2D eigenvalue weighted by Crippen LogP contribution is 2.19. The molecular weight excluding hydrogens is 238 g/mol. The molecule has 1 unspecified atom stereocenters. The van der Waals surface area contributed by atoms with E-state index in [2.05, 4.69) is 25.8 Å². The average molecular weight is 259 g/mol. The van der Waals surface area contributed by atoms with Gasteiger partial charge in [-0.25, -0.2) is 4.98 Å². The van der Waals surface area contributed by atoms with Gasteiger partial charge in [0.25, 0.3) is 0 Å². The molecule has 1 rings (SSSR count). The fourth-order valence-corrected chi connectivity index (χ4v) is 3.33. The molecule has 0 aromatic carbocycles. The molecule has 1 atom stereocenters. The second kappa shape index (κ2) is 6.62. The molecule has 0 fully saturated rings. The van der Waals surface area contributed by atoms with Crippen molar-refractivity contribution in [2.24, 2.45) is 5.92 Å². The number of aliphatic hydroxyl groups excluding tert-OH is 1. The lowest BCUT2D eigenvalue weighted by molar-refractivity contribution is 0.200. The molecule has 0 amide bonds. The van der Waals surface area contributed by atoms with Crippen molar-refractivity contribution in [3.05, 3.63) is 15.6 Å². The number of thiazole rings is 1. The Morgan fingerprint density at radius 3 is 2.50 bits per heavy atom. The molecule has 92 valence electrons. The summed E-state index contributed by atoms with van der Waals surface area (Å²) in [6, 6.07) is 0. The lowest BCUT2D eigenvalue weighted by Gasteiger charge is -2.09. The van der Waals surface area contributed by atoms with Crippen molar-refractivity contribution in [2.45, 2.75) is 40.2 Å². The maximum absolute atomic E-state index is 9.86. The zero-order valence-electron chi connectivity index (χ0n) is 10.5. The summed E-state index contributed by atoms with van der Waals surface area (Å²) in [5.74, 6) is 2.63. The minimum absolute atomic E-state index is 0.256. The van der Waals surface area contributed by atoms with Crippen molar-refractivity contribution in [1.82, 2.24) is 4.98 Å². The molecule has 0 spiro atoms. The van der Waals surface area contributed by atoms with E-state index in [1.54, 1.807) is 11.3 Å². The summed E-state index contributed by atoms with van der Waals surface area (Å²) in [7, 11) is 0. The monoisotopic (exact) mass is 259 g/mol. The van der Waals surface area contributed by atoms with Crippen LogP contribution in [-0.4, -0.2) is 27.7 Å². The van der Waals surface area contributed by atoms with Crippen LogP contribution in [0.1, 0.15) is 29.4 Å². The molecule has 0 aliphatic heterocycles. The summed E-state index contributed by atoms with van der Waals surface area (Å²) < 4.78 is 0. The molecule has 2 nitrogen and oxygen atoms in total. The molecule has 1 heterocycles.